The number of aliphatic hydroxyl groups excluding tert-OH is 2. The molecule has 0 spiro atoms. The highest BCUT2D eigenvalue weighted by atomic mass is 19.4. The fraction of sp³-hybridized carbons (Fsp3) is 0.310. The molecule has 0 aliphatic heterocycles. The van der Waals surface area contributed by atoms with Crippen molar-refractivity contribution in [3.63, 3.8) is 0 Å². The number of aromatic nitrogens is 2. The van der Waals surface area contributed by atoms with Crippen LogP contribution >= 0.6 is 0 Å². The van der Waals surface area contributed by atoms with Gasteiger partial charge >= 0.3 is 18.1 Å². The van der Waals surface area contributed by atoms with Crippen molar-refractivity contribution in [1.29, 1.82) is 0 Å². The number of likely N-dealkylation sites (N-methyl/N-ethyl adjacent to an activating group) is 1. The molecule has 0 fully saturated rings. The highest BCUT2D eigenvalue weighted by Crippen LogP contribution is 2.31. The van der Waals surface area contributed by atoms with Gasteiger partial charge in [0.25, 0.3) is 5.56 Å². The summed E-state index contributed by atoms with van der Waals surface area (Å²) in [6.07, 6.45) is -9.32. The smallest absolute Gasteiger partial charge is 0.416 e. The van der Waals surface area contributed by atoms with Crippen molar-refractivity contribution in [3.8, 4) is 11.1 Å². The first-order chi connectivity index (χ1) is 28.7. The molecule has 2 atom stereocenters. The molecule has 61 heavy (non-hydrogen) atoms. The lowest BCUT2D eigenvalue weighted by Gasteiger charge is -2.28. The van der Waals surface area contributed by atoms with Crippen LogP contribution in [0.1, 0.15) is 36.4 Å². The van der Waals surface area contributed by atoms with E-state index in [1.807, 2.05) is 13.8 Å². The summed E-state index contributed by atoms with van der Waals surface area (Å²) < 4.78 is 97.0. The first kappa shape index (κ1) is 47.5. The highest BCUT2D eigenvalue weighted by molar-refractivity contribution is 5.83. The Bertz CT molecular complexity index is 2370. The number of fused-ring (bicyclic) bond motifs is 1. The Morgan fingerprint density at radius 1 is 0.754 bits per heavy atom. The van der Waals surface area contributed by atoms with E-state index in [1.165, 1.54) is 22.8 Å². The summed E-state index contributed by atoms with van der Waals surface area (Å²) in [4.78, 5) is 54.5. The van der Waals surface area contributed by atoms with Crippen LogP contribution in [-0.2, 0) is 46.5 Å². The van der Waals surface area contributed by atoms with E-state index in [4.69, 9.17) is 20.4 Å². The van der Waals surface area contributed by atoms with Crippen LogP contribution in [0.4, 0.5) is 30.7 Å². The highest BCUT2D eigenvalue weighted by Gasteiger charge is 2.30. The average Bonchev–Trinajstić information content (AvgIpc) is 3.23. The maximum atomic E-state index is 14.6. The number of carbonyl (C=O) groups excluding carboxylic acids is 1. The lowest BCUT2D eigenvalue weighted by atomic mass is 10.0. The number of aliphatic carboxylic acids is 2. The van der Waals surface area contributed by atoms with Crippen molar-refractivity contribution in [3.05, 3.63) is 135 Å². The number of carbonyl (C=O) groups is 3. The van der Waals surface area contributed by atoms with Gasteiger partial charge in [-0.05, 0) is 78.2 Å². The van der Waals surface area contributed by atoms with Crippen molar-refractivity contribution in [2.75, 3.05) is 26.2 Å². The van der Waals surface area contributed by atoms with E-state index in [2.05, 4.69) is 9.88 Å². The zero-order chi connectivity index (χ0) is 45.2. The molecule has 1 aromatic heterocycles. The van der Waals surface area contributed by atoms with Gasteiger partial charge in [0.1, 0.15) is 18.2 Å². The lowest BCUT2D eigenvalue weighted by Crippen LogP contribution is -2.40. The summed E-state index contributed by atoms with van der Waals surface area (Å²) >= 11 is 0. The molecule has 0 bridgehead atoms. The van der Waals surface area contributed by atoms with E-state index in [1.54, 1.807) is 29.2 Å². The van der Waals surface area contributed by atoms with Gasteiger partial charge in [-0.15, -0.1) is 0 Å². The molecule has 0 saturated carbocycles. The molecule has 1 amide bonds. The number of alkyl halides is 3. The zero-order valence-corrected chi connectivity index (χ0v) is 32.7. The molecule has 0 radical (unpaired) electrons. The molecule has 0 saturated heterocycles. The number of amides is 1. The van der Waals surface area contributed by atoms with Gasteiger partial charge in [0.15, 0.2) is 29.7 Å². The third kappa shape index (κ3) is 12.4. The predicted octanol–water partition coefficient (Wildman–Crippen LogP) is 5.67. The molecule has 5 rings (SSSR count). The second-order valence-corrected chi connectivity index (χ2v) is 13.6. The van der Waals surface area contributed by atoms with Crippen LogP contribution in [-0.4, -0.2) is 96.0 Å². The second-order valence-electron chi connectivity index (χ2n) is 13.6. The number of carboxylic acid groups (broad SMARTS) is 2. The minimum Gasteiger partial charge on any atom is -0.479 e. The molecule has 4 aromatic carbocycles. The molecule has 0 aliphatic rings. The Morgan fingerprint density at radius 2 is 1.33 bits per heavy atom. The van der Waals surface area contributed by atoms with Gasteiger partial charge in [-0.2, -0.15) is 18.2 Å². The largest absolute Gasteiger partial charge is 0.479 e. The summed E-state index contributed by atoms with van der Waals surface area (Å²) in [5, 5.41) is 32.6. The summed E-state index contributed by atoms with van der Waals surface area (Å²) in [5.74, 6) is -8.94. The molecular formula is C42H41F7N4O8. The number of aryl methyl sites for hydroxylation is 2. The van der Waals surface area contributed by atoms with Gasteiger partial charge in [-0.25, -0.2) is 27.2 Å². The van der Waals surface area contributed by atoms with Gasteiger partial charge in [0.2, 0.25) is 5.91 Å². The molecule has 0 aliphatic carbocycles. The standard InChI is InChI=1S/C38H35F7N4O2.C4H6O6/c1-3-47(4-2)19-20-48(22-24-5-7-25(8-6-24)26-9-13-28(14-10-26)38(43,44)45)34(50)23-49-32-21-29(39)15-16-30(32)37(51)46-33(49)18-12-27-11-17-31(40)36(42)35(27)41;5-1(3(7)8)2(6)4(9)10/h5-11,13-17,21H,3-4,12,18-20,22-23H2,1-2H3;1-2,5-6H,(H,7,8)(H,9,10). The summed E-state index contributed by atoms with van der Waals surface area (Å²) in [6, 6.07) is 17.2. The number of rotatable bonds is 16. The van der Waals surface area contributed by atoms with E-state index in [-0.39, 0.29) is 48.2 Å². The molecule has 4 N–H and O–H groups in total. The number of hydrogen-bond donors (Lipinski definition) is 4. The minimum absolute atomic E-state index is 0.0279. The van der Waals surface area contributed by atoms with Crippen LogP contribution in [0.2, 0.25) is 0 Å². The Kier molecular flexibility index (Phi) is 16.3. The zero-order valence-electron chi connectivity index (χ0n) is 32.7. The van der Waals surface area contributed by atoms with E-state index in [0.717, 1.165) is 55.1 Å². The number of benzene rings is 4. The van der Waals surface area contributed by atoms with Crippen molar-refractivity contribution in [2.45, 2.75) is 58.2 Å². The SMILES string of the molecule is CCN(CC)CCN(Cc1ccc(-c2ccc(C(F)(F)F)cc2)cc1)C(=O)Cn1c(CCc2ccc(F)c(F)c2F)nc(=O)c2ccc(F)cc21.O=C(O)C(O)C(O)C(=O)O. The minimum atomic E-state index is -4.45. The van der Waals surface area contributed by atoms with E-state index >= 15 is 0 Å². The van der Waals surface area contributed by atoms with Gasteiger partial charge in [-0.1, -0.05) is 56.3 Å². The average molecular weight is 863 g/mol. The molecule has 19 heteroatoms. The second kappa shape index (κ2) is 20.9. The predicted molar refractivity (Wildman–Crippen MR) is 207 cm³/mol. The Labute approximate surface area is 343 Å². The third-order valence-electron chi connectivity index (χ3n) is 9.66. The lowest BCUT2D eigenvalue weighted by molar-refractivity contribution is -0.165. The van der Waals surface area contributed by atoms with Crippen molar-refractivity contribution in [2.24, 2.45) is 0 Å². The van der Waals surface area contributed by atoms with Crippen LogP contribution < -0.4 is 5.56 Å². The topological polar surface area (TPSA) is 174 Å². The molecule has 2 unspecified atom stereocenters. The van der Waals surface area contributed by atoms with E-state index in [0.29, 0.717) is 24.2 Å². The maximum Gasteiger partial charge on any atom is 0.416 e. The third-order valence-corrected chi connectivity index (χ3v) is 9.66. The number of carboxylic acids is 2. The number of aliphatic hydroxyl groups is 2. The summed E-state index contributed by atoms with van der Waals surface area (Å²) in [7, 11) is 0. The molecule has 12 nitrogen and oxygen atoms in total. The number of halogens is 7. The van der Waals surface area contributed by atoms with Gasteiger partial charge in [-0.3, -0.25) is 9.59 Å². The normalized spacial score (nSPS) is 12.5. The molecule has 1 heterocycles. The number of nitrogens with zero attached hydrogens (tertiary/aromatic N) is 4. The van der Waals surface area contributed by atoms with E-state index in [9.17, 15) is 49.9 Å². The van der Waals surface area contributed by atoms with E-state index < -0.39 is 70.6 Å². The Morgan fingerprint density at radius 3 is 1.87 bits per heavy atom. The van der Waals surface area contributed by atoms with Crippen LogP contribution in [0, 0.1) is 23.3 Å². The Balaban J connectivity index is 0.000000727. The van der Waals surface area contributed by atoms with Gasteiger partial charge in [0.05, 0.1) is 16.5 Å². The quantitative estimate of drug-likeness (QED) is 0.0716. The molecule has 5 aromatic rings. The molecule has 326 valence electrons. The first-order valence-corrected chi connectivity index (χ1v) is 18.6. The molecular weight excluding hydrogens is 821 g/mol. The summed E-state index contributed by atoms with van der Waals surface area (Å²) in [5.41, 5.74) is 0.489. The summed E-state index contributed by atoms with van der Waals surface area (Å²) in [6.45, 7) is 6.07. The van der Waals surface area contributed by atoms with Crippen LogP contribution in [0.25, 0.3) is 22.0 Å². The first-order valence-electron chi connectivity index (χ1n) is 18.6. The van der Waals surface area contributed by atoms with Crippen molar-refractivity contribution >= 4 is 28.7 Å². The van der Waals surface area contributed by atoms with Crippen LogP contribution in [0.15, 0.2) is 83.7 Å². The fourth-order valence-electron chi connectivity index (χ4n) is 6.13. The van der Waals surface area contributed by atoms with Crippen LogP contribution in [0.5, 0.6) is 0 Å². The number of hydrogen-bond acceptors (Lipinski definition) is 8. The van der Waals surface area contributed by atoms with Crippen molar-refractivity contribution in [1.82, 2.24) is 19.4 Å². The van der Waals surface area contributed by atoms with Gasteiger partial charge < -0.3 is 34.8 Å². The monoisotopic (exact) mass is 862 g/mol. The fourth-order valence-corrected chi connectivity index (χ4v) is 6.13. The Hall–Kier alpha value is -6.18. The van der Waals surface area contributed by atoms with Gasteiger partial charge in [0, 0.05) is 26.1 Å². The van der Waals surface area contributed by atoms with Crippen LogP contribution in [0.3, 0.4) is 0 Å². The van der Waals surface area contributed by atoms with Crippen molar-refractivity contribution < 1.29 is 65.5 Å². The maximum absolute atomic E-state index is 14.6.